The first-order chi connectivity index (χ1) is 11.4. The Bertz CT molecular complexity index is 787. The van der Waals surface area contributed by atoms with Gasteiger partial charge in [-0.05, 0) is 38.3 Å². The van der Waals surface area contributed by atoms with Gasteiger partial charge in [-0.1, -0.05) is 0 Å². The molecule has 7 heteroatoms. The first-order valence-electron chi connectivity index (χ1n) is 7.97. The summed E-state index contributed by atoms with van der Waals surface area (Å²) in [6.07, 6.45) is 2.42. The number of fused-ring (bicyclic) bond motifs is 1. The molecular weight excluding hydrogens is 314 g/mol. The van der Waals surface area contributed by atoms with Crippen LogP contribution in [0.25, 0.3) is 5.69 Å². The maximum atomic E-state index is 13.6. The molecule has 2 aromatic rings. The van der Waals surface area contributed by atoms with E-state index in [4.69, 9.17) is 5.73 Å². The Morgan fingerprint density at radius 1 is 1.38 bits per heavy atom. The van der Waals surface area contributed by atoms with Crippen molar-refractivity contribution >= 4 is 5.91 Å². The molecule has 0 bridgehead atoms. The van der Waals surface area contributed by atoms with Gasteiger partial charge in [-0.2, -0.15) is 5.10 Å². The first kappa shape index (κ1) is 16.6. The van der Waals surface area contributed by atoms with Gasteiger partial charge in [0.05, 0.1) is 5.69 Å². The molecule has 1 aromatic heterocycles. The van der Waals surface area contributed by atoms with Crippen molar-refractivity contribution in [2.75, 3.05) is 13.6 Å². The number of nitrogens with zero attached hydrogens (tertiary/aromatic N) is 3. The molecule has 24 heavy (non-hydrogen) atoms. The second-order valence-corrected chi connectivity index (χ2v) is 6.14. The fourth-order valence-corrected chi connectivity index (χ4v) is 2.96. The van der Waals surface area contributed by atoms with Crippen LogP contribution in [0, 0.1) is 11.6 Å². The Balaban J connectivity index is 2.05. The Morgan fingerprint density at radius 2 is 2.12 bits per heavy atom. The Labute approximate surface area is 139 Å². The summed E-state index contributed by atoms with van der Waals surface area (Å²) in [4.78, 5) is 14.3. The van der Waals surface area contributed by atoms with Crippen LogP contribution >= 0.6 is 0 Å². The van der Waals surface area contributed by atoms with E-state index in [0.29, 0.717) is 17.9 Å². The number of halogens is 2. The van der Waals surface area contributed by atoms with E-state index in [-0.39, 0.29) is 11.9 Å². The van der Waals surface area contributed by atoms with E-state index in [1.807, 2.05) is 6.92 Å². The van der Waals surface area contributed by atoms with Crippen LogP contribution in [0.4, 0.5) is 8.78 Å². The lowest BCUT2D eigenvalue weighted by molar-refractivity contribution is 0.0741. The Morgan fingerprint density at radius 3 is 2.79 bits per heavy atom. The molecule has 2 N–H and O–H groups in total. The minimum Gasteiger partial charge on any atom is -0.336 e. The zero-order valence-corrected chi connectivity index (χ0v) is 13.7. The van der Waals surface area contributed by atoms with Crippen LogP contribution < -0.4 is 5.73 Å². The van der Waals surface area contributed by atoms with E-state index < -0.39 is 11.6 Å². The SMILES string of the molecule is CC(CN)N(C)C(=O)c1nn(-c2ccc(F)c(F)c2)c2c1CCC2. The van der Waals surface area contributed by atoms with Gasteiger partial charge in [0.2, 0.25) is 0 Å². The zero-order chi connectivity index (χ0) is 17.4. The number of carbonyl (C=O) groups is 1. The molecular formula is C17H20F2N4O. The first-order valence-corrected chi connectivity index (χ1v) is 7.97. The third-order valence-electron chi connectivity index (χ3n) is 4.60. The molecule has 0 spiro atoms. The molecule has 0 saturated heterocycles. The van der Waals surface area contributed by atoms with Crippen molar-refractivity contribution in [1.29, 1.82) is 0 Å². The molecule has 0 radical (unpaired) electrons. The smallest absolute Gasteiger partial charge is 0.274 e. The summed E-state index contributed by atoms with van der Waals surface area (Å²) >= 11 is 0. The maximum absolute atomic E-state index is 13.6. The van der Waals surface area contributed by atoms with Crippen molar-refractivity contribution in [3.63, 3.8) is 0 Å². The third kappa shape index (κ3) is 2.69. The number of carbonyl (C=O) groups excluding carboxylic acids is 1. The average Bonchev–Trinajstić information content (AvgIpc) is 3.17. The van der Waals surface area contributed by atoms with Gasteiger partial charge in [0.15, 0.2) is 17.3 Å². The highest BCUT2D eigenvalue weighted by Gasteiger charge is 2.29. The van der Waals surface area contributed by atoms with Crippen molar-refractivity contribution in [3.8, 4) is 5.69 Å². The van der Waals surface area contributed by atoms with Gasteiger partial charge in [-0.15, -0.1) is 0 Å². The second-order valence-electron chi connectivity index (χ2n) is 6.14. The fourth-order valence-electron chi connectivity index (χ4n) is 2.96. The molecule has 5 nitrogen and oxygen atoms in total. The summed E-state index contributed by atoms with van der Waals surface area (Å²) in [6.45, 7) is 2.22. The van der Waals surface area contributed by atoms with Crippen LogP contribution in [-0.4, -0.2) is 40.2 Å². The Hall–Kier alpha value is -2.28. The topological polar surface area (TPSA) is 64.2 Å². The third-order valence-corrected chi connectivity index (χ3v) is 4.60. The number of amides is 1. The second kappa shape index (κ2) is 6.32. The molecule has 1 aliphatic rings. The number of benzene rings is 1. The average molecular weight is 334 g/mol. The van der Waals surface area contributed by atoms with E-state index in [1.54, 1.807) is 16.6 Å². The minimum atomic E-state index is -0.934. The number of aromatic nitrogens is 2. The lowest BCUT2D eigenvalue weighted by Gasteiger charge is -2.23. The minimum absolute atomic E-state index is 0.108. The highest BCUT2D eigenvalue weighted by Crippen LogP contribution is 2.29. The predicted molar refractivity (Wildman–Crippen MR) is 86.1 cm³/mol. The summed E-state index contributed by atoms with van der Waals surface area (Å²) in [7, 11) is 1.69. The van der Waals surface area contributed by atoms with Gasteiger partial charge in [0, 0.05) is 37.0 Å². The van der Waals surface area contributed by atoms with Gasteiger partial charge >= 0.3 is 0 Å². The molecule has 0 aliphatic heterocycles. The fraction of sp³-hybridized carbons (Fsp3) is 0.412. The number of hydrogen-bond donors (Lipinski definition) is 1. The van der Waals surface area contributed by atoms with Crippen LogP contribution in [0.15, 0.2) is 18.2 Å². The zero-order valence-electron chi connectivity index (χ0n) is 13.7. The van der Waals surface area contributed by atoms with Crippen molar-refractivity contribution in [1.82, 2.24) is 14.7 Å². The molecule has 128 valence electrons. The summed E-state index contributed by atoms with van der Waals surface area (Å²) in [5.74, 6) is -2.04. The van der Waals surface area contributed by atoms with Crippen LogP contribution in [0.1, 0.15) is 35.1 Å². The number of rotatable bonds is 4. The quantitative estimate of drug-likeness (QED) is 0.931. The molecule has 0 saturated carbocycles. The predicted octanol–water partition coefficient (Wildman–Crippen LogP) is 2.06. The number of hydrogen-bond acceptors (Lipinski definition) is 3. The maximum Gasteiger partial charge on any atom is 0.274 e. The highest BCUT2D eigenvalue weighted by molar-refractivity contribution is 5.94. The van der Waals surface area contributed by atoms with E-state index >= 15 is 0 Å². The van der Waals surface area contributed by atoms with Crippen LogP contribution in [-0.2, 0) is 12.8 Å². The molecule has 1 heterocycles. The van der Waals surface area contributed by atoms with Gasteiger partial charge < -0.3 is 10.6 Å². The lowest BCUT2D eigenvalue weighted by Crippen LogP contribution is -2.40. The Kier molecular flexibility index (Phi) is 4.36. The van der Waals surface area contributed by atoms with E-state index in [1.165, 1.54) is 6.07 Å². The van der Waals surface area contributed by atoms with Crippen LogP contribution in [0.2, 0.25) is 0 Å². The van der Waals surface area contributed by atoms with E-state index in [0.717, 1.165) is 42.7 Å². The van der Waals surface area contributed by atoms with E-state index in [9.17, 15) is 13.6 Å². The van der Waals surface area contributed by atoms with Crippen molar-refractivity contribution in [2.45, 2.75) is 32.2 Å². The summed E-state index contributed by atoms with van der Waals surface area (Å²) in [5.41, 5.74) is 8.20. The molecule has 0 fully saturated rings. The molecule has 1 aliphatic carbocycles. The molecule has 3 rings (SSSR count). The monoisotopic (exact) mass is 334 g/mol. The molecule has 1 amide bonds. The normalized spacial score (nSPS) is 14.5. The standard InChI is InChI=1S/C17H20F2N4O/c1-10(9-20)22(2)17(24)16-12-4-3-5-15(12)23(21-16)11-6-7-13(18)14(19)8-11/h6-8,10H,3-5,9,20H2,1-2H3. The molecule has 1 unspecified atom stereocenters. The molecule has 1 atom stereocenters. The van der Waals surface area contributed by atoms with Crippen molar-refractivity contribution in [3.05, 3.63) is 46.8 Å². The lowest BCUT2D eigenvalue weighted by atomic mass is 10.1. The van der Waals surface area contributed by atoms with Crippen molar-refractivity contribution < 1.29 is 13.6 Å². The highest BCUT2D eigenvalue weighted by atomic mass is 19.2. The largest absolute Gasteiger partial charge is 0.336 e. The van der Waals surface area contributed by atoms with Gasteiger partial charge in [-0.3, -0.25) is 4.79 Å². The van der Waals surface area contributed by atoms with Crippen LogP contribution in [0.5, 0.6) is 0 Å². The summed E-state index contributed by atoms with van der Waals surface area (Å²) in [6, 6.07) is 3.52. The van der Waals surface area contributed by atoms with Crippen LogP contribution in [0.3, 0.4) is 0 Å². The van der Waals surface area contributed by atoms with Crippen molar-refractivity contribution in [2.24, 2.45) is 5.73 Å². The van der Waals surface area contributed by atoms with Gasteiger partial charge in [0.25, 0.3) is 5.91 Å². The number of likely N-dealkylation sites (N-methyl/N-ethyl adjacent to an activating group) is 1. The molecule has 1 aromatic carbocycles. The van der Waals surface area contributed by atoms with E-state index in [2.05, 4.69) is 5.10 Å². The van der Waals surface area contributed by atoms with Gasteiger partial charge in [-0.25, -0.2) is 13.5 Å². The summed E-state index contributed by atoms with van der Waals surface area (Å²) in [5, 5.41) is 4.41. The summed E-state index contributed by atoms with van der Waals surface area (Å²) < 4.78 is 28.3. The van der Waals surface area contributed by atoms with Gasteiger partial charge in [0.1, 0.15) is 0 Å². The number of nitrogens with two attached hydrogens (primary N) is 1.